The lowest BCUT2D eigenvalue weighted by Gasteiger charge is -2.28. The van der Waals surface area contributed by atoms with Gasteiger partial charge in [-0.3, -0.25) is 4.79 Å². The zero-order valence-corrected chi connectivity index (χ0v) is 19.8. The first-order chi connectivity index (χ1) is 13.3. The van der Waals surface area contributed by atoms with E-state index in [2.05, 4.69) is 0 Å². The molecule has 0 aliphatic rings. The van der Waals surface area contributed by atoms with Crippen molar-refractivity contribution in [1.29, 1.82) is 0 Å². The molecule has 0 saturated carbocycles. The number of benzene rings is 1. The fourth-order valence-corrected chi connectivity index (χ4v) is 6.66. The summed E-state index contributed by atoms with van der Waals surface area (Å²) in [4.78, 5) is 12.0. The second-order valence-electron chi connectivity index (χ2n) is 7.03. The summed E-state index contributed by atoms with van der Waals surface area (Å²) in [7, 11) is -2.52. The van der Waals surface area contributed by atoms with E-state index in [0.717, 1.165) is 30.4 Å². The highest BCUT2D eigenvalue weighted by Crippen LogP contribution is 2.20. The number of hydrogen-bond donors (Lipinski definition) is 1. The summed E-state index contributed by atoms with van der Waals surface area (Å²) in [5, 5.41) is 9.81. The van der Waals surface area contributed by atoms with Gasteiger partial charge < -0.3 is 18.4 Å². The molecule has 0 saturated heterocycles. The lowest BCUT2D eigenvalue weighted by atomic mass is 9.96. The van der Waals surface area contributed by atoms with Gasteiger partial charge in [0.25, 0.3) is 0 Å². The van der Waals surface area contributed by atoms with Crippen molar-refractivity contribution in [3.8, 4) is 0 Å². The first kappa shape index (κ1) is 25.3. The van der Waals surface area contributed by atoms with E-state index in [0.29, 0.717) is 25.4 Å². The number of ketones is 1. The number of Topliss-reactive ketones (excluding diaryl/α,β-unsaturated/α-hetero) is 1. The van der Waals surface area contributed by atoms with Crippen LogP contribution in [0.15, 0.2) is 24.3 Å². The second-order valence-corrected chi connectivity index (χ2v) is 11.0. The molecule has 5 nitrogen and oxygen atoms in total. The Bertz CT molecular complexity index is 554. The van der Waals surface area contributed by atoms with Crippen LogP contribution < -0.4 is 0 Å². The third kappa shape index (κ3) is 8.76. The van der Waals surface area contributed by atoms with Gasteiger partial charge in [0.05, 0.1) is 0 Å². The van der Waals surface area contributed by atoms with E-state index in [9.17, 15) is 9.90 Å². The quantitative estimate of drug-likeness (QED) is 0.254. The summed E-state index contributed by atoms with van der Waals surface area (Å²) in [5.74, 6) is 1.81. The Morgan fingerprint density at radius 2 is 1.54 bits per heavy atom. The molecule has 0 aliphatic carbocycles. The van der Waals surface area contributed by atoms with Gasteiger partial charge in [-0.2, -0.15) is 11.8 Å². The lowest BCUT2D eigenvalue weighted by Crippen LogP contribution is -2.46. The molecule has 0 aliphatic heterocycles. The Labute approximate surface area is 175 Å². The minimum Gasteiger partial charge on any atom is -0.382 e. The Kier molecular flexibility index (Phi) is 11.6. The van der Waals surface area contributed by atoms with Crippen LogP contribution in [0.1, 0.15) is 57.0 Å². The molecule has 0 fully saturated rings. The van der Waals surface area contributed by atoms with Crippen LogP contribution in [0, 0.1) is 0 Å². The smallest absolute Gasteiger partial charge is 0.382 e. The molecule has 0 radical (unpaired) electrons. The largest absolute Gasteiger partial charge is 0.500 e. The number of hydrogen-bond acceptors (Lipinski definition) is 6. The van der Waals surface area contributed by atoms with E-state index in [1.807, 2.05) is 44.7 Å². The molecule has 0 bridgehead atoms. The van der Waals surface area contributed by atoms with E-state index >= 15 is 0 Å². The summed E-state index contributed by atoms with van der Waals surface area (Å²) in [6.45, 7) is 10.8. The highest BCUT2D eigenvalue weighted by Gasteiger charge is 2.39. The molecule has 28 heavy (non-hydrogen) atoms. The first-order valence-corrected chi connectivity index (χ1v) is 13.2. The van der Waals surface area contributed by atoms with Crippen molar-refractivity contribution in [1.82, 2.24) is 0 Å². The maximum absolute atomic E-state index is 12.0. The van der Waals surface area contributed by atoms with Crippen LogP contribution in [-0.2, 0) is 19.7 Å². The maximum Gasteiger partial charge on any atom is 0.500 e. The fraction of sp³-hybridized carbons (Fsp3) is 0.667. The number of aliphatic hydroxyl groups is 1. The zero-order valence-electron chi connectivity index (χ0n) is 18.0. The van der Waals surface area contributed by atoms with Crippen molar-refractivity contribution in [3.05, 3.63) is 35.4 Å². The van der Waals surface area contributed by atoms with Crippen molar-refractivity contribution in [2.45, 2.75) is 59.1 Å². The van der Waals surface area contributed by atoms with Crippen LogP contribution in [0.25, 0.3) is 0 Å². The Morgan fingerprint density at radius 1 is 1.00 bits per heavy atom. The SMILES string of the molecule is CCO[Si](CCCSCCc1ccc(C(=O)C(C)(C)O)cc1)(OCC)OCC. The molecular formula is C21H36O5SSi. The summed E-state index contributed by atoms with van der Waals surface area (Å²) >= 11 is 1.91. The standard InChI is InChI=1S/C21H36O5SSi/c1-6-24-28(25-7-2,26-8-3)17-9-15-27-16-14-18-10-12-19(13-11-18)20(22)21(4,5)23/h10-13,23H,6-9,14-17H2,1-5H3. The normalized spacial score (nSPS) is 12.4. The second kappa shape index (κ2) is 12.8. The van der Waals surface area contributed by atoms with Crippen molar-refractivity contribution >= 4 is 26.3 Å². The average molecular weight is 429 g/mol. The predicted octanol–water partition coefficient (Wildman–Crippen LogP) is 4.35. The monoisotopic (exact) mass is 428 g/mol. The molecule has 0 atom stereocenters. The third-order valence-corrected chi connectivity index (χ3v) is 8.39. The highest BCUT2D eigenvalue weighted by molar-refractivity contribution is 7.99. The molecule has 0 heterocycles. The Morgan fingerprint density at radius 3 is 2.00 bits per heavy atom. The van der Waals surface area contributed by atoms with E-state index in [1.165, 1.54) is 19.4 Å². The van der Waals surface area contributed by atoms with Crippen LogP contribution in [0.5, 0.6) is 0 Å². The number of carbonyl (C=O) groups is 1. The van der Waals surface area contributed by atoms with Gasteiger partial charge in [-0.05, 0) is 64.5 Å². The zero-order chi connectivity index (χ0) is 21.0. The summed E-state index contributed by atoms with van der Waals surface area (Å²) in [5.41, 5.74) is 0.412. The topological polar surface area (TPSA) is 65.0 Å². The molecule has 1 rings (SSSR count). The summed E-state index contributed by atoms with van der Waals surface area (Å²) in [6, 6.07) is 8.38. The summed E-state index contributed by atoms with van der Waals surface area (Å²) < 4.78 is 17.6. The third-order valence-electron chi connectivity index (χ3n) is 4.17. The Hall–Kier alpha value is -0.703. The van der Waals surface area contributed by atoms with Gasteiger partial charge >= 0.3 is 8.80 Å². The van der Waals surface area contributed by atoms with Crippen molar-refractivity contribution in [2.75, 3.05) is 31.3 Å². The van der Waals surface area contributed by atoms with E-state index < -0.39 is 14.4 Å². The highest BCUT2D eigenvalue weighted by atomic mass is 32.2. The van der Waals surface area contributed by atoms with Gasteiger partial charge in [-0.25, -0.2) is 0 Å². The molecule has 0 spiro atoms. The van der Waals surface area contributed by atoms with Gasteiger partial charge in [0.1, 0.15) is 5.60 Å². The fourth-order valence-electron chi connectivity index (χ4n) is 2.86. The summed E-state index contributed by atoms with van der Waals surface area (Å²) in [6.07, 6.45) is 1.96. The Balaban J connectivity index is 2.37. The van der Waals surface area contributed by atoms with Crippen LogP contribution in [0.3, 0.4) is 0 Å². The molecule has 1 aromatic carbocycles. The maximum atomic E-state index is 12.0. The van der Waals surface area contributed by atoms with Gasteiger partial charge in [0, 0.05) is 31.4 Å². The van der Waals surface area contributed by atoms with E-state index in [-0.39, 0.29) is 5.78 Å². The van der Waals surface area contributed by atoms with Crippen molar-refractivity contribution in [3.63, 3.8) is 0 Å². The number of thioether (sulfide) groups is 1. The molecule has 0 amide bonds. The van der Waals surface area contributed by atoms with Crippen LogP contribution in [0.4, 0.5) is 0 Å². The molecule has 0 aromatic heterocycles. The van der Waals surface area contributed by atoms with E-state index in [4.69, 9.17) is 13.3 Å². The van der Waals surface area contributed by atoms with Crippen LogP contribution in [0.2, 0.25) is 6.04 Å². The first-order valence-electron chi connectivity index (χ1n) is 10.1. The minimum atomic E-state index is -2.52. The molecule has 1 N–H and O–H groups in total. The average Bonchev–Trinajstić information content (AvgIpc) is 2.64. The number of rotatable bonds is 15. The molecule has 7 heteroatoms. The van der Waals surface area contributed by atoms with Crippen LogP contribution in [-0.4, -0.2) is 56.6 Å². The molecular weight excluding hydrogens is 392 g/mol. The van der Waals surface area contributed by atoms with Gasteiger partial charge in [-0.1, -0.05) is 24.3 Å². The lowest BCUT2D eigenvalue weighted by molar-refractivity contribution is 0.0488. The van der Waals surface area contributed by atoms with Crippen molar-refractivity contribution in [2.24, 2.45) is 0 Å². The van der Waals surface area contributed by atoms with Gasteiger partial charge in [-0.15, -0.1) is 0 Å². The van der Waals surface area contributed by atoms with E-state index in [1.54, 1.807) is 12.1 Å². The van der Waals surface area contributed by atoms with Gasteiger partial charge in [0.15, 0.2) is 5.78 Å². The molecule has 160 valence electrons. The van der Waals surface area contributed by atoms with Crippen LogP contribution >= 0.6 is 11.8 Å². The minimum absolute atomic E-state index is 0.251. The number of aryl methyl sites for hydroxylation is 1. The molecule has 0 unspecified atom stereocenters. The predicted molar refractivity (Wildman–Crippen MR) is 118 cm³/mol. The van der Waals surface area contributed by atoms with Crippen molar-refractivity contribution < 1.29 is 23.2 Å². The molecule has 1 aromatic rings. The van der Waals surface area contributed by atoms with Gasteiger partial charge in [0.2, 0.25) is 0 Å². The number of carbonyl (C=O) groups excluding carboxylic acids is 1.